The molecule has 0 fully saturated rings. The second-order valence-electron chi connectivity index (χ2n) is 4.05. The van der Waals surface area contributed by atoms with E-state index in [9.17, 15) is 13.2 Å². The summed E-state index contributed by atoms with van der Waals surface area (Å²) in [4.78, 5) is 10.4. The molecule has 0 aliphatic heterocycles. The van der Waals surface area contributed by atoms with Crippen LogP contribution in [0.4, 0.5) is 5.69 Å². The lowest BCUT2D eigenvalue weighted by Crippen LogP contribution is -2.15. The second kappa shape index (κ2) is 5.81. The van der Waals surface area contributed by atoms with Crippen molar-refractivity contribution in [3.8, 4) is 0 Å². The van der Waals surface area contributed by atoms with Gasteiger partial charge in [0, 0.05) is 5.71 Å². The molecule has 1 rings (SSSR count). The molecule has 1 aromatic carbocycles. The van der Waals surface area contributed by atoms with Crippen LogP contribution in [-0.4, -0.2) is 24.6 Å². The molecule has 0 bridgehead atoms. The lowest BCUT2D eigenvalue weighted by molar-refractivity contribution is -0.116. The smallest absolute Gasteiger partial charge is 0.294 e. The first kappa shape index (κ1) is 15.1. The monoisotopic (exact) mass is 285 g/mol. The van der Waals surface area contributed by atoms with Gasteiger partial charge < -0.3 is 5.73 Å². The number of amides is 1. The zero-order valence-electron chi connectivity index (χ0n) is 10.5. The molecule has 0 aliphatic carbocycles. The molecular formula is C11H15N3O4S. The Labute approximate surface area is 111 Å². The van der Waals surface area contributed by atoms with E-state index in [-0.39, 0.29) is 11.3 Å². The van der Waals surface area contributed by atoms with Gasteiger partial charge in [0.1, 0.15) is 0 Å². The van der Waals surface area contributed by atoms with Gasteiger partial charge in [0.15, 0.2) is 0 Å². The van der Waals surface area contributed by atoms with E-state index < -0.39 is 16.0 Å². The largest absolute Gasteiger partial charge is 0.369 e. The Balaban J connectivity index is 2.98. The van der Waals surface area contributed by atoms with Gasteiger partial charge in [-0.25, -0.2) is 0 Å². The number of hydrogen-bond acceptors (Lipinski definition) is 5. The topological polar surface area (TPSA) is 122 Å². The van der Waals surface area contributed by atoms with Crippen LogP contribution in [0.3, 0.4) is 0 Å². The van der Waals surface area contributed by atoms with Crippen molar-refractivity contribution in [2.75, 3.05) is 5.43 Å². The molecule has 0 aliphatic rings. The number of nitrogens with zero attached hydrogens (tertiary/aromatic N) is 1. The molecule has 0 aromatic heterocycles. The molecule has 4 N–H and O–H groups in total. The molecule has 0 unspecified atom stereocenters. The summed E-state index contributed by atoms with van der Waals surface area (Å²) in [6, 6.07) is 4.08. The molecule has 104 valence electrons. The average molecular weight is 285 g/mol. The number of primary amides is 1. The molecule has 19 heavy (non-hydrogen) atoms. The van der Waals surface area contributed by atoms with E-state index in [1.54, 1.807) is 13.8 Å². The van der Waals surface area contributed by atoms with Crippen molar-refractivity contribution in [1.29, 1.82) is 0 Å². The lowest BCUT2D eigenvalue weighted by atomic mass is 10.2. The quantitative estimate of drug-likeness (QED) is 0.421. The third-order valence-corrected chi connectivity index (χ3v) is 3.15. The Morgan fingerprint density at radius 3 is 2.63 bits per heavy atom. The highest BCUT2D eigenvalue weighted by molar-refractivity contribution is 7.85. The van der Waals surface area contributed by atoms with Gasteiger partial charge in [-0.3, -0.25) is 14.8 Å². The Kier molecular flexibility index (Phi) is 4.62. The number of anilines is 1. The number of nitrogens with two attached hydrogens (primary N) is 1. The van der Waals surface area contributed by atoms with Crippen LogP contribution in [0, 0.1) is 6.92 Å². The molecule has 7 nitrogen and oxygen atoms in total. The minimum atomic E-state index is -4.26. The summed E-state index contributed by atoms with van der Waals surface area (Å²) in [5.74, 6) is -0.508. The van der Waals surface area contributed by atoms with Crippen LogP contribution in [0.1, 0.15) is 18.9 Å². The molecule has 0 atom stereocenters. The lowest BCUT2D eigenvalue weighted by Gasteiger charge is -2.07. The summed E-state index contributed by atoms with van der Waals surface area (Å²) in [7, 11) is -4.26. The minimum absolute atomic E-state index is 0.00400. The third-order valence-electron chi connectivity index (χ3n) is 2.30. The summed E-state index contributed by atoms with van der Waals surface area (Å²) in [6.45, 7) is 3.36. The first-order valence-corrected chi connectivity index (χ1v) is 6.80. The van der Waals surface area contributed by atoms with Gasteiger partial charge in [0.25, 0.3) is 10.1 Å². The normalized spacial score (nSPS) is 12.3. The molecule has 1 amide bonds. The number of carbonyl (C=O) groups is 1. The van der Waals surface area contributed by atoms with Gasteiger partial charge in [-0.15, -0.1) is 0 Å². The van der Waals surface area contributed by atoms with Gasteiger partial charge >= 0.3 is 0 Å². The Hall–Kier alpha value is -1.93. The molecule has 0 spiro atoms. The number of carbonyl (C=O) groups excluding carboxylic acids is 1. The number of nitrogens with one attached hydrogen (secondary N) is 1. The Morgan fingerprint density at radius 1 is 1.47 bits per heavy atom. The highest BCUT2D eigenvalue weighted by atomic mass is 32.2. The molecule has 0 heterocycles. The van der Waals surface area contributed by atoms with Crippen molar-refractivity contribution in [3.63, 3.8) is 0 Å². The first-order valence-electron chi connectivity index (χ1n) is 5.36. The maximum atomic E-state index is 11.0. The van der Waals surface area contributed by atoms with E-state index in [1.165, 1.54) is 18.2 Å². The van der Waals surface area contributed by atoms with Crippen molar-refractivity contribution in [2.24, 2.45) is 10.8 Å². The van der Waals surface area contributed by atoms with Crippen LogP contribution >= 0.6 is 0 Å². The van der Waals surface area contributed by atoms with Crippen LogP contribution in [0.5, 0.6) is 0 Å². The van der Waals surface area contributed by atoms with E-state index >= 15 is 0 Å². The van der Waals surface area contributed by atoms with E-state index in [0.717, 1.165) is 5.56 Å². The third kappa shape index (κ3) is 4.68. The highest BCUT2D eigenvalue weighted by Crippen LogP contribution is 2.20. The van der Waals surface area contributed by atoms with Crippen LogP contribution < -0.4 is 11.2 Å². The number of benzene rings is 1. The number of rotatable bonds is 5. The van der Waals surface area contributed by atoms with E-state index in [2.05, 4.69) is 10.5 Å². The highest BCUT2D eigenvalue weighted by Gasteiger charge is 2.11. The van der Waals surface area contributed by atoms with E-state index in [0.29, 0.717) is 11.4 Å². The Bertz CT molecular complexity index is 623. The summed E-state index contributed by atoms with van der Waals surface area (Å²) in [5.41, 5.74) is 9.27. The summed E-state index contributed by atoms with van der Waals surface area (Å²) < 4.78 is 31.0. The van der Waals surface area contributed by atoms with Crippen LogP contribution in [-0.2, 0) is 14.9 Å². The maximum Gasteiger partial charge on any atom is 0.294 e. The fraction of sp³-hybridized carbons (Fsp3) is 0.273. The molecule has 0 saturated carbocycles. The van der Waals surface area contributed by atoms with Crippen molar-refractivity contribution >= 4 is 27.4 Å². The van der Waals surface area contributed by atoms with Gasteiger partial charge in [-0.1, -0.05) is 6.07 Å². The molecule has 0 radical (unpaired) electrons. The summed E-state index contributed by atoms with van der Waals surface area (Å²) in [5, 5.41) is 3.91. The van der Waals surface area contributed by atoms with Gasteiger partial charge in [0.05, 0.1) is 17.0 Å². The maximum absolute atomic E-state index is 11.0. The fourth-order valence-electron chi connectivity index (χ4n) is 1.33. The Morgan fingerprint density at radius 2 is 2.11 bits per heavy atom. The van der Waals surface area contributed by atoms with Crippen LogP contribution in [0.2, 0.25) is 0 Å². The van der Waals surface area contributed by atoms with Gasteiger partial charge in [-0.05, 0) is 31.5 Å². The SMILES string of the molecule is C/C(CC(N)=O)=N/Nc1cc(S(=O)(=O)O)ccc1C. The van der Waals surface area contributed by atoms with Crippen LogP contribution in [0.25, 0.3) is 0 Å². The predicted octanol–water partition coefficient (Wildman–Crippen LogP) is 0.905. The van der Waals surface area contributed by atoms with Crippen molar-refractivity contribution in [3.05, 3.63) is 23.8 Å². The summed E-state index contributed by atoms with van der Waals surface area (Å²) in [6.07, 6.45) is 0.00400. The molecule has 1 aromatic rings. The standard InChI is InChI=1S/C11H15N3O4S/c1-7-3-4-9(19(16,17)18)6-10(7)14-13-8(2)5-11(12)15/h3-4,6,14H,5H2,1-2H3,(H2,12,15)(H,16,17,18)/b13-8-. The van der Waals surface area contributed by atoms with E-state index in [1.807, 2.05) is 0 Å². The van der Waals surface area contributed by atoms with Crippen molar-refractivity contribution < 1.29 is 17.8 Å². The van der Waals surface area contributed by atoms with Crippen molar-refractivity contribution in [1.82, 2.24) is 0 Å². The van der Waals surface area contributed by atoms with Crippen LogP contribution in [0.15, 0.2) is 28.2 Å². The molecule has 8 heteroatoms. The van der Waals surface area contributed by atoms with Crippen molar-refractivity contribution in [2.45, 2.75) is 25.2 Å². The predicted molar refractivity (Wildman–Crippen MR) is 71.5 cm³/mol. The molecular weight excluding hydrogens is 270 g/mol. The van der Waals surface area contributed by atoms with E-state index in [4.69, 9.17) is 10.3 Å². The zero-order chi connectivity index (χ0) is 14.6. The number of hydrazone groups is 1. The average Bonchev–Trinajstić information content (AvgIpc) is 2.25. The zero-order valence-corrected chi connectivity index (χ0v) is 11.4. The summed E-state index contributed by atoms with van der Waals surface area (Å²) >= 11 is 0. The van der Waals surface area contributed by atoms with Gasteiger partial charge in [-0.2, -0.15) is 13.5 Å². The van der Waals surface area contributed by atoms with Gasteiger partial charge in [0.2, 0.25) is 5.91 Å². The minimum Gasteiger partial charge on any atom is -0.369 e. The second-order valence-corrected chi connectivity index (χ2v) is 5.48. The molecule has 0 saturated heterocycles. The number of aryl methyl sites for hydroxylation is 1. The fourth-order valence-corrected chi connectivity index (χ4v) is 1.84. The first-order chi connectivity index (χ1) is 8.70. The number of hydrogen-bond donors (Lipinski definition) is 3.